The van der Waals surface area contributed by atoms with Gasteiger partial charge in [0, 0.05) is 4.88 Å². The Labute approximate surface area is 119 Å². The Balaban J connectivity index is 1.73. The van der Waals surface area contributed by atoms with Gasteiger partial charge < -0.3 is 0 Å². The van der Waals surface area contributed by atoms with Crippen molar-refractivity contribution in [3.05, 3.63) is 22.4 Å². The molecule has 4 bridgehead atoms. The number of hydrazine groups is 1. The molecule has 2 nitrogen and oxygen atoms in total. The minimum Gasteiger partial charge on any atom is -0.271 e. The van der Waals surface area contributed by atoms with E-state index in [1.54, 1.807) is 0 Å². The molecule has 0 amide bonds. The van der Waals surface area contributed by atoms with Gasteiger partial charge in [0.15, 0.2) is 0 Å². The first-order valence-electron chi connectivity index (χ1n) is 7.62. The molecule has 5 rings (SSSR count). The molecule has 3 N–H and O–H groups in total. The van der Waals surface area contributed by atoms with Crippen LogP contribution in [0.1, 0.15) is 56.4 Å². The number of hydrogen-bond donors (Lipinski definition) is 2. The standard InChI is InChI=1S/C16H24N2S/c1-15-6-11-5-12(7-15)9-16(8-11,10-15)14(18-17)13-3-2-4-19-13/h2-4,11-12,14,18H,5-10,17H2,1H3. The van der Waals surface area contributed by atoms with Crippen LogP contribution >= 0.6 is 11.3 Å². The summed E-state index contributed by atoms with van der Waals surface area (Å²) in [5.74, 6) is 7.91. The highest BCUT2D eigenvalue weighted by molar-refractivity contribution is 7.10. The SMILES string of the molecule is CC12CC3CC(C1)CC(C(NN)c1cccs1)(C3)C2. The van der Waals surface area contributed by atoms with Crippen molar-refractivity contribution in [1.82, 2.24) is 5.43 Å². The fourth-order valence-corrected chi connectivity index (χ4v) is 7.08. The van der Waals surface area contributed by atoms with E-state index in [9.17, 15) is 0 Å². The van der Waals surface area contributed by atoms with Crippen LogP contribution in [0.3, 0.4) is 0 Å². The molecule has 3 heteroatoms. The molecule has 4 aliphatic rings. The quantitative estimate of drug-likeness (QED) is 0.650. The lowest BCUT2D eigenvalue weighted by Gasteiger charge is -2.63. The van der Waals surface area contributed by atoms with Crippen LogP contribution in [-0.4, -0.2) is 0 Å². The summed E-state index contributed by atoms with van der Waals surface area (Å²) in [7, 11) is 0. The number of rotatable bonds is 3. The van der Waals surface area contributed by atoms with Crippen molar-refractivity contribution in [3.63, 3.8) is 0 Å². The van der Waals surface area contributed by atoms with Crippen LogP contribution < -0.4 is 11.3 Å². The molecule has 0 radical (unpaired) electrons. The maximum absolute atomic E-state index is 5.99. The summed E-state index contributed by atoms with van der Waals surface area (Å²) in [5.41, 5.74) is 4.21. The van der Waals surface area contributed by atoms with Crippen molar-refractivity contribution in [2.45, 2.75) is 51.5 Å². The molecule has 0 aromatic carbocycles. The van der Waals surface area contributed by atoms with E-state index in [0.29, 0.717) is 16.9 Å². The van der Waals surface area contributed by atoms with Crippen LogP contribution in [0, 0.1) is 22.7 Å². The van der Waals surface area contributed by atoms with Gasteiger partial charge in [0.25, 0.3) is 0 Å². The fraction of sp³-hybridized carbons (Fsp3) is 0.750. The van der Waals surface area contributed by atoms with Gasteiger partial charge in [-0.25, -0.2) is 0 Å². The van der Waals surface area contributed by atoms with Crippen molar-refractivity contribution in [2.75, 3.05) is 0 Å². The van der Waals surface area contributed by atoms with Crippen LogP contribution in [-0.2, 0) is 0 Å². The second-order valence-corrected chi connectivity index (χ2v) is 8.73. The van der Waals surface area contributed by atoms with Crippen LogP contribution in [0.4, 0.5) is 0 Å². The summed E-state index contributed by atoms with van der Waals surface area (Å²) in [6.07, 6.45) is 8.58. The maximum atomic E-state index is 5.99. The highest BCUT2D eigenvalue weighted by Gasteiger charge is 2.58. The van der Waals surface area contributed by atoms with E-state index in [1.165, 1.54) is 43.4 Å². The second-order valence-electron chi connectivity index (χ2n) is 7.75. The summed E-state index contributed by atoms with van der Waals surface area (Å²) in [5, 5.41) is 2.18. The molecule has 4 fully saturated rings. The van der Waals surface area contributed by atoms with E-state index in [-0.39, 0.29) is 0 Å². The van der Waals surface area contributed by atoms with E-state index >= 15 is 0 Å². The lowest BCUT2D eigenvalue weighted by Crippen LogP contribution is -2.56. The summed E-state index contributed by atoms with van der Waals surface area (Å²) < 4.78 is 0. The van der Waals surface area contributed by atoms with Crippen molar-refractivity contribution >= 4 is 11.3 Å². The van der Waals surface area contributed by atoms with Gasteiger partial charge in [0.05, 0.1) is 6.04 Å². The first kappa shape index (κ1) is 12.4. The lowest BCUT2D eigenvalue weighted by molar-refractivity contribution is -0.118. The zero-order valence-electron chi connectivity index (χ0n) is 11.7. The van der Waals surface area contributed by atoms with Gasteiger partial charge in [0.1, 0.15) is 0 Å². The summed E-state index contributed by atoms with van der Waals surface area (Å²) in [4.78, 5) is 1.44. The Bertz CT molecular complexity index is 453. The van der Waals surface area contributed by atoms with Crippen molar-refractivity contribution < 1.29 is 0 Å². The van der Waals surface area contributed by atoms with E-state index in [0.717, 1.165) is 11.8 Å². The Hall–Kier alpha value is -0.380. The summed E-state index contributed by atoms with van der Waals surface area (Å²) >= 11 is 1.86. The minimum atomic E-state index is 0.373. The first-order valence-corrected chi connectivity index (χ1v) is 8.50. The van der Waals surface area contributed by atoms with Crippen molar-refractivity contribution in [3.8, 4) is 0 Å². The zero-order valence-corrected chi connectivity index (χ0v) is 12.5. The van der Waals surface area contributed by atoms with Crippen LogP contribution in [0.5, 0.6) is 0 Å². The van der Waals surface area contributed by atoms with E-state index < -0.39 is 0 Å². The first-order chi connectivity index (χ1) is 9.12. The average molecular weight is 276 g/mol. The Morgan fingerprint density at radius 3 is 2.58 bits per heavy atom. The predicted octanol–water partition coefficient (Wildman–Crippen LogP) is 3.86. The highest BCUT2D eigenvalue weighted by atomic mass is 32.1. The smallest absolute Gasteiger partial charge is 0.0609 e. The van der Waals surface area contributed by atoms with Gasteiger partial charge in [-0.05, 0) is 72.6 Å². The molecule has 19 heavy (non-hydrogen) atoms. The lowest BCUT2D eigenvalue weighted by atomic mass is 9.43. The van der Waals surface area contributed by atoms with Crippen LogP contribution in [0.15, 0.2) is 17.5 Å². The van der Waals surface area contributed by atoms with Gasteiger partial charge in [0.2, 0.25) is 0 Å². The van der Waals surface area contributed by atoms with Gasteiger partial charge >= 0.3 is 0 Å². The molecule has 104 valence electrons. The third-order valence-electron chi connectivity index (χ3n) is 6.01. The fourth-order valence-electron chi connectivity index (χ4n) is 6.15. The zero-order chi connectivity index (χ0) is 13.1. The Morgan fingerprint density at radius 2 is 2.05 bits per heavy atom. The Morgan fingerprint density at radius 1 is 1.32 bits per heavy atom. The molecular weight excluding hydrogens is 252 g/mol. The molecule has 0 spiro atoms. The van der Waals surface area contributed by atoms with E-state index in [1.807, 2.05) is 11.3 Å². The third-order valence-corrected chi connectivity index (χ3v) is 6.94. The number of nitrogens with one attached hydrogen (secondary N) is 1. The highest BCUT2D eigenvalue weighted by Crippen LogP contribution is 2.68. The van der Waals surface area contributed by atoms with Crippen molar-refractivity contribution in [1.29, 1.82) is 0 Å². The molecule has 0 aliphatic heterocycles. The van der Waals surface area contributed by atoms with E-state index in [2.05, 4.69) is 29.9 Å². The maximum Gasteiger partial charge on any atom is 0.0609 e. The number of nitrogens with two attached hydrogens (primary N) is 1. The van der Waals surface area contributed by atoms with Crippen LogP contribution in [0.2, 0.25) is 0 Å². The molecular formula is C16H24N2S. The molecule has 3 atom stereocenters. The molecule has 1 heterocycles. The van der Waals surface area contributed by atoms with Crippen molar-refractivity contribution in [2.24, 2.45) is 28.5 Å². The van der Waals surface area contributed by atoms with Gasteiger partial charge in [-0.15, -0.1) is 11.3 Å². The largest absolute Gasteiger partial charge is 0.271 e. The average Bonchev–Trinajstić information content (AvgIpc) is 2.79. The van der Waals surface area contributed by atoms with Gasteiger partial charge in [-0.2, -0.15) is 0 Å². The minimum absolute atomic E-state index is 0.373. The summed E-state index contributed by atoms with van der Waals surface area (Å²) in [6, 6.07) is 4.79. The predicted molar refractivity (Wildman–Crippen MR) is 79.6 cm³/mol. The molecule has 4 saturated carbocycles. The molecule has 0 saturated heterocycles. The molecule has 1 aromatic rings. The third kappa shape index (κ3) is 1.82. The van der Waals surface area contributed by atoms with E-state index in [4.69, 9.17) is 5.84 Å². The summed E-state index contributed by atoms with van der Waals surface area (Å²) in [6.45, 7) is 2.53. The number of thiophene rings is 1. The molecule has 4 aliphatic carbocycles. The van der Waals surface area contributed by atoms with Gasteiger partial charge in [-0.1, -0.05) is 13.0 Å². The normalized spacial score (nSPS) is 45.6. The Kier molecular flexibility index (Phi) is 2.64. The molecule has 3 unspecified atom stereocenters. The topological polar surface area (TPSA) is 38.0 Å². The second kappa shape index (κ2) is 4.06. The van der Waals surface area contributed by atoms with Crippen LogP contribution in [0.25, 0.3) is 0 Å². The molecule has 1 aromatic heterocycles. The monoisotopic (exact) mass is 276 g/mol. The van der Waals surface area contributed by atoms with Gasteiger partial charge in [-0.3, -0.25) is 11.3 Å². The number of hydrogen-bond acceptors (Lipinski definition) is 3.